The van der Waals surface area contributed by atoms with E-state index in [2.05, 4.69) is 17.1 Å². The molecule has 21 heavy (non-hydrogen) atoms. The van der Waals surface area contributed by atoms with Crippen molar-refractivity contribution in [1.82, 2.24) is 5.32 Å². The maximum Gasteiger partial charge on any atom is 0.166 e. The monoisotopic (exact) mass is 288 g/mol. The summed E-state index contributed by atoms with van der Waals surface area (Å²) in [6.07, 6.45) is 0. The zero-order valence-electron chi connectivity index (χ0n) is 11.9. The molecule has 110 valence electrons. The molecule has 1 saturated heterocycles. The van der Waals surface area contributed by atoms with Crippen LogP contribution in [0.2, 0.25) is 0 Å². The molecule has 2 aromatic rings. The molecule has 1 fully saturated rings. The van der Waals surface area contributed by atoms with Crippen LogP contribution in [0.15, 0.2) is 42.5 Å². The van der Waals surface area contributed by atoms with Crippen LogP contribution in [0.4, 0.5) is 14.5 Å². The van der Waals surface area contributed by atoms with E-state index in [9.17, 15) is 8.78 Å². The molecule has 0 aromatic heterocycles. The van der Waals surface area contributed by atoms with Crippen LogP contribution in [-0.2, 0) is 0 Å². The zero-order chi connectivity index (χ0) is 14.8. The van der Waals surface area contributed by atoms with Gasteiger partial charge in [0.15, 0.2) is 11.6 Å². The van der Waals surface area contributed by atoms with Crippen molar-refractivity contribution in [3.05, 3.63) is 54.1 Å². The molecular weight excluding hydrogens is 270 g/mol. The first kappa shape index (κ1) is 14.0. The van der Waals surface area contributed by atoms with Crippen LogP contribution in [0.5, 0.6) is 0 Å². The van der Waals surface area contributed by atoms with E-state index in [1.165, 1.54) is 6.07 Å². The summed E-state index contributed by atoms with van der Waals surface area (Å²) in [7, 11) is 0. The molecule has 1 atom stereocenters. The third kappa shape index (κ3) is 2.76. The van der Waals surface area contributed by atoms with Gasteiger partial charge in [-0.25, -0.2) is 8.78 Å². The van der Waals surface area contributed by atoms with Crippen LogP contribution in [0.3, 0.4) is 0 Å². The van der Waals surface area contributed by atoms with E-state index in [-0.39, 0.29) is 0 Å². The van der Waals surface area contributed by atoms with E-state index in [0.717, 1.165) is 31.4 Å². The minimum Gasteiger partial charge on any atom is -0.366 e. The van der Waals surface area contributed by atoms with Gasteiger partial charge in [0.2, 0.25) is 0 Å². The highest BCUT2D eigenvalue weighted by molar-refractivity contribution is 5.69. The van der Waals surface area contributed by atoms with Crippen molar-refractivity contribution in [1.29, 1.82) is 0 Å². The van der Waals surface area contributed by atoms with Crippen LogP contribution in [-0.4, -0.2) is 25.7 Å². The highest BCUT2D eigenvalue weighted by Gasteiger charge is 2.19. The number of nitrogens with zero attached hydrogens (tertiary/aromatic N) is 1. The van der Waals surface area contributed by atoms with Crippen LogP contribution >= 0.6 is 0 Å². The van der Waals surface area contributed by atoms with Crippen molar-refractivity contribution in [3.63, 3.8) is 0 Å². The van der Waals surface area contributed by atoms with Crippen molar-refractivity contribution in [3.8, 4) is 11.1 Å². The van der Waals surface area contributed by atoms with E-state index in [1.807, 2.05) is 24.3 Å². The average Bonchev–Trinajstić information content (AvgIpc) is 2.51. The summed E-state index contributed by atoms with van der Waals surface area (Å²) in [6.45, 7) is 4.93. The van der Waals surface area contributed by atoms with E-state index < -0.39 is 11.6 Å². The first-order chi connectivity index (χ1) is 10.2. The first-order valence-electron chi connectivity index (χ1n) is 7.18. The Morgan fingerprint density at radius 2 is 1.95 bits per heavy atom. The molecule has 1 unspecified atom stereocenters. The Balaban J connectivity index is 1.98. The maximum absolute atomic E-state index is 13.9. The molecule has 0 radical (unpaired) electrons. The summed E-state index contributed by atoms with van der Waals surface area (Å²) in [4.78, 5) is 2.29. The largest absolute Gasteiger partial charge is 0.366 e. The van der Waals surface area contributed by atoms with Gasteiger partial charge in [0, 0.05) is 36.9 Å². The molecule has 0 spiro atoms. The lowest BCUT2D eigenvalue weighted by Crippen LogP contribution is -2.49. The summed E-state index contributed by atoms with van der Waals surface area (Å²) in [5.41, 5.74) is 2.06. The Bertz CT molecular complexity index is 642. The molecular formula is C17H18F2N2. The van der Waals surface area contributed by atoms with E-state index in [4.69, 9.17) is 0 Å². The predicted octanol–water partition coefficient (Wildman–Crippen LogP) is 3.43. The van der Waals surface area contributed by atoms with Gasteiger partial charge in [-0.1, -0.05) is 24.3 Å². The fraction of sp³-hybridized carbons (Fsp3) is 0.294. The lowest BCUT2D eigenvalue weighted by atomic mass is 10.0. The lowest BCUT2D eigenvalue weighted by Gasteiger charge is -2.36. The van der Waals surface area contributed by atoms with Gasteiger partial charge in [-0.3, -0.25) is 0 Å². The van der Waals surface area contributed by atoms with Crippen LogP contribution in [0.1, 0.15) is 6.92 Å². The van der Waals surface area contributed by atoms with Crippen molar-refractivity contribution in [2.45, 2.75) is 13.0 Å². The molecule has 2 aromatic carbocycles. The number of rotatable bonds is 2. The first-order valence-corrected chi connectivity index (χ1v) is 7.18. The summed E-state index contributed by atoms with van der Waals surface area (Å²) in [5.74, 6) is -1.60. The van der Waals surface area contributed by atoms with Crippen molar-refractivity contribution >= 4 is 5.69 Å². The molecule has 4 heteroatoms. The summed E-state index contributed by atoms with van der Waals surface area (Å²) in [5, 5.41) is 3.35. The molecule has 2 nitrogen and oxygen atoms in total. The number of hydrogen-bond acceptors (Lipinski definition) is 2. The van der Waals surface area contributed by atoms with Gasteiger partial charge < -0.3 is 10.2 Å². The van der Waals surface area contributed by atoms with E-state index in [1.54, 1.807) is 6.07 Å². The minimum atomic E-state index is -0.812. The Morgan fingerprint density at radius 1 is 1.14 bits per heavy atom. The summed E-state index contributed by atoms with van der Waals surface area (Å²) < 4.78 is 27.3. The van der Waals surface area contributed by atoms with E-state index >= 15 is 0 Å². The lowest BCUT2D eigenvalue weighted by molar-refractivity contribution is 0.501. The fourth-order valence-corrected chi connectivity index (χ4v) is 2.80. The Kier molecular flexibility index (Phi) is 3.88. The second-order valence-electron chi connectivity index (χ2n) is 5.40. The molecule has 0 aliphatic carbocycles. The van der Waals surface area contributed by atoms with Gasteiger partial charge in [0.25, 0.3) is 0 Å². The van der Waals surface area contributed by atoms with Crippen LogP contribution in [0.25, 0.3) is 11.1 Å². The number of hydrogen-bond donors (Lipinski definition) is 1. The standard InChI is InChI=1S/C17H18F2N2/c1-12-11-20-8-9-21(12)14-5-2-4-13(10-14)15-6-3-7-16(18)17(15)19/h2-7,10,12,20H,8-9,11H2,1H3. The molecule has 0 amide bonds. The normalized spacial score (nSPS) is 18.8. The Hall–Kier alpha value is -1.94. The Labute approximate surface area is 123 Å². The van der Waals surface area contributed by atoms with Crippen LogP contribution < -0.4 is 10.2 Å². The minimum absolute atomic E-state index is 0.305. The molecule has 1 aliphatic heterocycles. The van der Waals surface area contributed by atoms with Crippen molar-refractivity contribution in [2.24, 2.45) is 0 Å². The zero-order valence-corrected chi connectivity index (χ0v) is 11.9. The summed E-state index contributed by atoms with van der Waals surface area (Å²) >= 11 is 0. The molecule has 1 heterocycles. The number of nitrogens with one attached hydrogen (secondary N) is 1. The molecule has 3 rings (SSSR count). The van der Waals surface area contributed by atoms with Gasteiger partial charge in [-0.15, -0.1) is 0 Å². The van der Waals surface area contributed by atoms with Gasteiger partial charge in [-0.2, -0.15) is 0 Å². The number of anilines is 1. The van der Waals surface area contributed by atoms with Gasteiger partial charge in [0.1, 0.15) is 0 Å². The third-order valence-electron chi connectivity index (χ3n) is 3.94. The fourth-order valence-electron chi connectivity index (χ4n) is 2.80. The van der Waals surface area contributed by atoms with Gasteiger partial charge in [0.05, 0.1) is 0 Å². The highest BCUT2D eigenvalue weighted by atomic mass is 19.2. The van der Waals surface area contributed by atoms with E-state index in [0.29, 0.717) is 17.2 Å². The topological polar surface area (TPSA) is 15.3 Å². The second-order valence-corrected chi connectivity index (χ2v) is 5.40. The Morgan fingerprint density at radius 3 is 2.76 bits per heavy atom. The van der Waals surface area contributed by atoms with Gasteiger partial charge in [-0.05, 0) is 30.7 Å². The summed E-state index contributed by atoms with van der Waals surface area (Å²) in [6, 6.07) is 12.3. The maximum atomic E-state index is 13.9. The molecule has 0 saturated carbocycles. The number of halogens is 2. The SMILES string of the molecule is CC1CNCCN1c1cccc(-c2cccc(F)c2F)c1. The smallest absolute Gasteiger partial charge is 0.166 e. The number of piperazine rings is 1. The van der Waals surface area contributed by atoms with Gasteiger partial charge >= 0.3 is 0 Å². The third-order valence-corrected chi connectivity index (χ3v) is 3.94. The predicted molar refractivity (Wildman–Crippen MR) is 81.5 cm³/mol. The average molecular weight is 288 g/mol. The molecule has 1 N–H and O–H groups in total. The highest BCUT2D eigenvalue weighted by Crippen LogP contribution is 2.29. The molecule has 1 aliphatic rings. The van der Waals surface area contributed by atoms with Crippen LogP contribution in [0, 0.1) is 11.6 Å². The van der Waals surface area contributed by atoms with Crippen molar-refractivity contribution in [2.75, 3.05) is 24.5 Å². The number of benzene rings is 2. The molecule has 0 bridgehead atoms. The quantitative estimate of drug-likeness (QED) is 0.911. The second kappa shape index (κ2) is 5.82. The van der Waals surface area contributed by atoms with Crippen molar-refractivity contribution < 1.29 is 8.78 Å².